The van der Waals surface area contributed by atoms with Gasteiger partial charge in [-0.1, -0.05) is 13.8 Å². The van der Waals surface area contributed by atoms with Crippen LogP contribution >= 0.6 is 11.8 Å². The van der Waals surface area contributed by atoms with E-state index in [0.717, 1.165) is 25.4 Å². The van der Waals surface area contributed by atoms with Crippen LogP contribution in [0.15, 0.2) is 0 Å². The van der Waals surface area contributed by atoms with E-state index < -0.39 is 0 Å². The van der Waals surface area contributed by atoms with Crippen molar-refractivity contribution >= 4 is 17.5 Å². The predicted molar refractivity (Wildman–Crippen MR) is 60.4 cm³/mol. The van der Waals surface area contributed by atoms with E-state index >= 15 is 0 Å². The second-order valence-electron chi connectivity index (χ2n) is 4.64. The lowest BCUT2D eigenvalue weighted by atomic mass is 9.97. The summed E-state index contributed by atoms with van der Waals surface area (Å²) in [5.74, 6) is 2.82. The molecule has 0 aromatic rings. The number of piperidine rings is 1. The van der Waals surface area contributed by atoms with Gasteiger partial charge >= 0.3 is 0 Å². The maximum Gasteiger partial charge on any atom is 0.138 e. The van der Waals surface area contributed by atoms with Crippen molar-refractivity contribution in [2.24, 2.45) is 11.8 Å². The second kappa shape index (κ2) is 4.23. The SMILES string of the molecule is CC1CN(C2SCCC2C)CCC1=O. The normalized spacial score (nSPS) is 40.4. The van der Waals surface area contributed by atoms with Gasteiger partial charge in [-0.2, -0.15) is 0 Å². The Morgan fingerprint density at radius 1 is 1.43 bits per heavy atom. The Morgan fingerprint density at radius 2 is 2.21 bits per heavy atom. The zero-order chi connectivity index (χ0) is 10.1. The highest BCUT2D eigenvalue weighted by molar-refractivity contribution is 8.00. The van der Waals surface area contributed by atoms with E-state index in [0.29, 0.717) is 11.2 Å². The molecule has 0 amide bonds. The molecule has 0 radical (unpaired) electrons. The van der Waals surface area contributed by atoms with Crippen LogP contribution in [-0.2, 0) is 4.79 Å². The largest absolute Gasteiger partial charge is 0.299 e. The summed E-state index contributed by atoms with van der Waals surface area (Å²) in [6.07, 6.45) is 2.11. The first-order valence-electron chi connectivity index (χ1n) is 5.57. The number of carbonyl (C=O) groups excluding carboxylic acids is 1. The molecule has 0 aliphatic carbocycles. The molecular formula is C11H19NOS. The number of nitrogens with zero attached hydrogens (tertiary/aromatic N) is 1. The van der Waals surface area contributed by atoms with Crippen molar-refractivity contribution in [3.05, 3.63) is 0 Å². The van der Waals surface area contributed by atoms with Crippen LogP contribution in [0.5, 0.6) is 0 Å². The number of Topliss-reactive ketones (excluding diaryl/α,β-unsaturated/α-hetero) is 1. The lowest BCUT2D eigenvalue weighted by molar-refractivity contribution is -0.125. The fourth-order valence-corrected chi connectivity index (χ4v) is 4.04. The molecule has 2 aliphatic rings. The Bertz CT molecular complexity index is 231. The number of carbonyl (C=O) groups is 1. The minimum absolute atomic E-state index is 0.261. The Kier molecular flexibility index (Phi) is 3.17. The number of rotatable bonds is 1. The molecule has 80 valence electrons. The summed E-state index contributed by atoms with van der Waals surface area (Å²) in [6.45, 7) is 6.39. The minimum atomic E-state index is 0.261. The third-order valence-corrected chi connectivity index (χ3v) is 4.99. The molecule has 2 fully saturated rings. The first-order valence-corrected chi connectivity index (χ1v) is 6.61. The Balaban J connectivity index is 1.95. The lowest BCUT2D eigenvalue weighted by Gasteiger charge is -2.36. The van der Waals surface area contributed by atoms with Gasteiger partial charge in [-0.3, -0.25) is 9.69 Å². The number of thioether (sulfide) groups is 1. The number of ketones is 1. The Morgan fingerprint density at radius 3 is 2.79 bits per heavy atom. The van der Waals surface area contributed by atoms with E-state index in [4.69, 9.17) is 0 Å². The highest BCUT2D eigenvalue weighted by Gasteiger charge is 2.34. The van der Waals surface area contributed by atoms with Crippen molar-refractivity contribution in [2.75, 3.05) is 18.8 Å². The van der Waals surface area contributed by atoms with Crippen LogP contribution in [0.1, 0.15) is 26.7 Å². The summed E-state index contributed by atoms with van der Waals surface area (Å²) >= 11 is 2.07. The number of likely N-dealkylation sites (tertiary alicyclic amines) is 1. The Labute approximate surface area is 90.4 Å². The molecule has 0 saturated carbocycles. The molecule has 0 spiro atoms. The molecule has 2 aliphatic heterocycles. The maximum absolute atomic E-state index is 11.4. The predicted octanol–water partition coefficient (Wildman–Crippen LogP) is 2.00. The molecule has 3 atom stereocenters. The van der Waals surface area contributed by atoms with Gasteiger partial charge in [0.1, 0.15) is 5.78 Å². The molecule has 0 aromatic heterocycles. The monoisotopic (exact) mass is 213 g/mol. The summed E-state index contributed by atoms with van der Waals surface area (Å²) in [6, 6.07) is 0. The van der Waals surface area contributed by atoms with E-state index in [9.17, 15) is 4.79 Å². The smallest absolute Gasteiger partial charge is 0.138 e. The van der Waals surface area contributed by atoms with E-state index in [1.54, 1.807) is 0 Å². The maximum atomic E-state index is 11.4. The van der Waals surface area contributed by atoms with Gasteiger partial charge in [0.05, 0.1) is 5.37 Å². The highest BCUT2D eigenvalue weighted by atomic mass is 32.2. The molecule has 0 aromatic carbocycles. The van der Waals surface area contributed by atoms with Crippen LogP contribution in [-0.4, -0.2) is 34.9 Å². The van der Waals surface area contributed by atoms with Gasteiger partial charge < -0.3 is 0 Å². The average Bonchev–Trinajstić information content (AvgIpc) is 2.57. The second-order valence-corrected chi connectivity index (χ2v) is 5.86. The van der Waals surface area contributed by atoms with Crippen LogP contribution in [0.2, 0.25) is 0 Å². The van der Waals surface area contributed by atoms with Crippen molar-refractivity contribution in [1.82, 2.24) is 4.90 Å². The quantitative estimate of drug-likeness (QED) is 0.664. The van der Waals surface area contributed by atoms with Crippen LogP contribution in [0.4, 0.5) is 0 Å². The third-order valence-electron chi connectivity index (χ3n) is 3.41. The molecule has 2 heterocycles. The van der Waals surface area contributed by atoms with Crippen LogP contribution in [0.25, 0.3) is 0 Å². The average molecular weight is 213 g/mol. The van der Waals surface area contributed by atoms with Crippen molar-refractivity contribution in [3.8, 4) is 0 Å². The molecule has 14 heavy (non-hydrogen) atoms. The van der Waals surface area contributed by atoms with E-state index in [1.165, 1.54) is 12.2 Å². The Hall–Kier alpha value is -0.0200. The van der Waals surface area contributed by atoms with Crippen molar-refractivity contribution in [2.45, 2.75) is 32.1 Å². The lowest BCUT2D eigenvalue weighted by Crippen LogP contribution is -2.45. The first-order chi connectivity index (χ1) is 6.68. The van der Waals surface area contributed by atoms with Gasteiger partial charge in [0.2, 0.25) is 0 Å². The van der Waals surface area contributed by atoms with Crippen LogP contribution < -0.4 is 0 Å². The molecule has 2 rings (SSSR count). The molecule has 3 unspecified atom stereocenters. The zero-order valence-corrected chi connectivity index (χ0v) is 9.85. The van der Waals surface area contributed by atoms with Crippen molar-refractivity contribution in [1.29, 1.82) is 0 Å². The molecular weight excluding hydrogens is 194 g/mol. The van der Waals surface area contributed by atoms with Gasteiger partial charge in [-0.25, -0.2) is 0 Å². The standard InChI is InChI=1S/C11H19NOS/c1-8-4-6-14-11(8)12-5-3-10(13)9(2)7-12/h8-9,11H,3-7H2,1-2H3. The van der Waals surface area contributed by atoms with Gasteiger partial charge in [-0.05, 0) is 18.1 Å². The minimum Gasteiger partial charge on any atom is -0.299 e. The van der Waals surface area contributed by atoms with Crippen LogP contribution in [0, 0.1) is 11.8 Å². The fourth-order valence-electron chi connectivity index (χ4n) is 2.42. The van der Waals surface area contributed by atoms with E-state index in [-0.39, 0.29) is 5.92 Å². The summed E-state index contributed by atoms with van der Waals surface area (Å²) in [4.78, 5) is 13.9. The van der Waals surface area contributed by atoms with Gasteiger partial charge in [0.15, 0.2) is 0 Å². The molecule has 0 bridgehead atoms. The number of hydrogen-bond acceptors (Lipinski definition) is 3. The molecule has 2 nitrogen and oxygen atoms in total. The van der Waals surface area contributed by atoms with Crippen molar-refractivity contribution in [3.63, 3.8) is 0 Å². The van der Waals surface area contributed by atoms with Gasteiger partial charge in [0.25, 0.3) is 0 Å². The summed E-state index contributed by atoms with van der Waals surface area (Å²) < 4.78 is 0. The van der Waals surface area contributed by atoms with Gasteiger partial charge in [0, 0.05) is 25.4 Å². The molecule has 0 N–H and O–H groups in total. The fraction of sp³-hybridized carbons (Fsp3) is 0.909. The third kappa shape index (κ3) is 1.98. The number of hydrogen-bond donors (Lipinski definition) is 0. The van der Waals surface area contributed by atoms with Gasteiger partial charge in [-0.15, -0.1) is 11.8 Å². The summed E-state index contributed by atoms with van der Waals surface area (Å²) in [5.41, 5.74) is 0. The highest BCUT2D eigenvalue weighted by Crippen LogP contribution is 2.35. The molecule has 3 heteroatoms. The van der Waals surface area contributed by atoms with E-state index in [1.807, 2.05) is 0 Å². The van der Waals surface area contributed by atoms with Crippen LogP contribution in [0.3, 0.4) is 0 Å². The van der Waals surface area contributed by atoms with Crippen molar-refractivity contribution < 1.29 is 4.79 Å². The zero-order valence-electron chi connectivity index (χ0n) is 9.03. The first kappa shape index (κ1) is 10.5. The topological polar surface area (TPSA) is 20.3 Å². The van der Waals surface area contributed by atoms with E-state index in [2.05, 4.69) is 30.5 Å². The molecule has 2 saturated heterocycles. The summed E-state index contributed by atoms with van der Waals surface area (Å²) in [7, 11) is 0. The summed E-state index contributed by atoms with van der Waals surface area (Å²) in [5, 5.41) is 0.686.